The molecule has 11 heteroatoms. The summed E-state index contributed by atoms with van der Waals surface area (Å²) in [5.74, 6) is 0.405. The predicted octanol–water partition coefficient (Wildman–Crippen LogP) is 5.05. The second-order valence-corrected chi connectivity index (χ2v) is 11.6. The molecule has 0 fully saturated rings. The van der Waals surface area contributed by atoms with Crippen LogP contribution in [0.15, 0.2) is 65.8 Å². The highest BCUT2D eigenvalue weighted by Gasteiger charge is 2.26. The number of anilines is 1. The number of amides is 1. The lowest BCUT2D eigenvalue weighted by Gasteiger charge is -2.22. The van der Waals surface area contributed by atoms with Crippen LogP contribution in [0.3, 0.4) is 0 Å². The topological polar surface area (TPSA) is 97.6 Å². The van der Waals surface area contributed by atoms with Gasteiger partial charge in [-0.3, -0.25) is 14.4 Å². The van der Waals surface area contributed by atoms with Gasteiger partial charge in [0.1, 0.15) is 11.3 Å². The fraction of sp³-hybridized carbons (Fsp3) is 0.370. The smallest absolute Gasteiger partial charge is 0.260 e. The van der Waals surface area contributed by atoms with E-state index in [-0.39, 0.29) is 10.8 Å². The number of benzene rings is 2. The van der Waals surface area contributed by atoms with Gasteiger partial charge in [0, 0.05) is 37.6 Å². The Balaban J connectivity index is 1.65. The summed E-state index contributed by atoms with van der Waals surface area (Å²) in [6.45, 7) is 8.07. The maximum absolute atomic E-state index is 13.8. The molecule has 0 saturated carbocycles. The van der Waals surface area contributed by atoms with Gasteiger partial charge in [0.25, 0.3) is 5.91 Å². The number of thiazole rings is 1. The Hall–Kier alpha value is -3.28. The average molecular weight is 556 g/mol. The highest BCUT2D eigenvalue weighted by Crippen LogP contribution is 2.35. The number of aromatic nitrogens is 3. The van der Waals surface area contributed by atoms with Gasteiger partial charge < -0.3 is 4.74 Å². The van der Waals surface area contributed by atoms with Crippen molar-refractivity contribution in [3.63, 3.8) is 0 Å². The van der Waals surface area contributed by atoms with Gasteiger partial charge in [0.15, 0.2) is 5.13 Å². The maximum Gasteiger partial charge on any atom is 0.260 e. The molecule has 38 heavy (non-hydrogen) atoms. The summed E-state index contributed by atoms with van der Waals surface area (Å²) in [7, 11) is -3.64. The van der Waals surface area contributed by atoms with Crippen molar-refractivity contribution in [1.82, 2.24) is 19.1 Å². The van der Waals surface area contributed by atoms with Crippen LogP contribution in [0.1, 0.15) is 44.0 Å². The third-order valence-electron chi connectivity index (χ3n) is 5.94. The number of ether oxygens (including phenoxy) is 1. The normalized spacial score (nSPS) is 11.8. The molecule has 4 aromatic rings. The number of carbonyl (C=O) groups excluding carboxylic acids is 1. The van der Waals surface area contributed by atoms with Crippen LogP contribution in [0.2, 0.25) is 0 Å². The molecular weight excluding hydrogens is 522 g/mol. The van der Waals surface area contributed by atoms with Gasteiger partial charge in [-0.05, 0) is 62.2 Å². The molecule has 2 heterocycles. The summed E-state index contributed by atoms with van der Waals surface area (Å²) < 4.78 is 36.2. The van der Waals surface area contributed by atoms with Crippen LogP contribution in [0.5, 0.6) is 5.75 Å². The van der Waals surface area contributed by atoms with Crippen molar-refractivity contribution in [3.8, 4) is 5.75 Å². The second kappa shape index (κ2) is 12.5. The minimum absolute atomic E-state index is 0.181. The van der Waals surface area contributed by atoms with Crippen LogP contribution in [-0.4, -0.2) is 59.6 Å². The first-order valence-corrected chi connectivity index (χ1v) is 15.1. The summed E-state index contributed by atoms with van der Waals surface area (Å²) >= 11 is 1.41. The zero-order valence-corrected chi connectivity index (χ0v) is 23.5. The predicted molar refractivity (Wildman–Crippen MR) is 150 cm³/mol. The molecule has 2 aromatic heterocycles. The van der Waals surface area contributed by atoms with Gasteiger partial charge >= 0.3 is 0 Å². The van der Waals surface area contributed by atoms with Gasteiger partial charge in [-0.25, -0.2) is 13.4 Å². The van der Waals surface area contributed by atoms with E-state index in [1.807, 2.05) is 51.2 Å². The van der Waals surface area contributed by atoms with E-state index in [0.29, 0.717) is 54.7 Å². The van der Waals surface area contributed by atoms with Crippen molar-refractivity contribution in [3.05, 3.63) is 66.5 Å². The minimum Gasteiger partial charge on any atom is -0.492 e. The number of carbonyl (C=O) groups is 1. The Morgan fingerprint density at radius 3 is 2.37 bits per heavy atom. The van der Waals surface area contributed by atoms with Gasteiger partial charge in [-0.15, -0.1) is 0 Å². The average Bonchev–Trinajstić information content (AvgIpc) is 3.59. The van der Waals surface area contributed by atoms with Gasteiger partial charge in [0.2, 0.25) is 10.0 Å². The van der Waals surface area contributed by atoms with Crippen LogP contribution in [0.4, 0.5) is 5.13 Å². The van der Waals surface area contributed by atoms with Crippen molar-refractivity contribution >= 4 is 42.6 Å². The van der Waals surface area contributed by atoms with Crippen molar-refractivity contribution < 1.29 is 17.9 Å². The molecule has 0 atom stereocenters. The SMILES string of the molecule is CCCN(CCC)S(=O)(=O)c1ccc(C(=O)N(CCn2cccn2)c2nc3c(OCC)cccc3s2)cc1. The molecule has 9 nitrogen and oxygen atoms in total. The molecule has 2 aromatic carbocycles. The van der Waals surface area contributed by atoms with Crippen LogP contribution in [-0.2, 0) is 16.6 Å². The van der Waals surface area contributed by atoms with Gasteiger partial charge in [-0.1, -0.05) is 31.3 Å². The molecule has 1 amide bonds. The fourth-order valence-corrected chi connectivity index (χ4v) is 6.78. The Bertz CT molecular complexity index is 1440. The van der Waals surface area contributed by atoms with Crippen LogP contribution in [0, 0.1) is 0 Å². The number of nitrogens with zero attached hydrogens (tertiary/aromatic N) is 5. The number of hydrogen-bond donors (Lipinski definition) is 0. The third kappa shape index (κ3) is 6.06. The van der Waals surface area contributed by atoms with Crippen LogP contribution in [0.25, 0.3) is 10.2 Å². The minimum atomic E-state index is -3.64. The van der Waals surface area contributed by atoms with Crippen LogP contribution >= 0.6 is 11.3 Å². The number of fused-ring (bicyclic) bond motifs is 1. The number of para-hydroxylation sites is 1. The van der Waals surface area contributed by atoms with E-state index in [1.165, 1.54) is 27.8 Å². The van der Waals surface area contributed by atoms with E-state index in [4.69, 9.17) is 9.72 Å². The maximum atomic E-state index is 13.8. The summed E-state index contributed by atoms with van der Waals surface area (Å²) in [6, 6.07) is 13.7. The van der Waals surface area contributed by atoms with E-state index in [9.17, 15) is 13.2 Å². The molecule has 0 radical (unpaired) electrons. The first-order valence-electron chi connectivity index (χ1n) is 12.8. The lowest BCUT2D eigenvalue weighted by Crippen LogP contribution is -2.34. The molecule has 0 N–H and O–H groups in total. The van der Waals surface area contributed by atoms with Gasteiger partial charge in [0.05, 0.1) is 22.7 Å². The highest BCUT2D eigenvalue weighted by molar-refractivity contribution is 7.89. The molecule has 4 rings (SSSR count). The standard InChI is InChI=1S/C27H33N5O4S2/c1-4-16-31(17-5-2)38(34,35)22-13-11-21(12-14-22)26(33)32(20-19-30-18-8-15-28-30)27-29-25-23(36-6-3)9-7-10-24(25)37-27/h7-15,18H,4-6,16-17,19-20H2,1-3H3. The Labute approximate surface area is 227 Å². The Morgan fingerprint density at radius 1 is 1.00 bits per heavy atom. The van der Waals surface area contributed by atoms with Crippen molar-refractivity contribution in [2.45, 2.75) is 45.1 Å². The zero-order chi connectivity index (χ0) is 27.1. The molecule has 0 aliphatic rings. The largest absolute Gasteiger partial charge is 0.492 e. The Kier molecular flexibility index (Phi) is 9.13. The lowest BCUT2D eigenvalue weighted by atomic mass is 10.2. The molecule has 0 aliphatic heterocycles. The van der Waals surface area contributed by atoms with E-state index in [0.717, 1.165) is 17.5 Å². The van der Waals surface area contributed by atoms with Crippen LogP contribution < -0.4 is 9.64 Å². The molecular formula is C27H33N5O4S2. The molecule has 0 aliphatic carbocycles. The highest BCUT2D eigenvalue weighted by atomic mass is 32.2. The number of rotatable bonds is 13. The monoisotopic (exact) mass is 555 g/mol. The quantitative estimate of drug-likeness (QED) is 0.229. The van der Waals surface area contributed by atoms with Crippen molar-refractivity contribution in [2.75, 3.05) is 31.1 Å². The fourth-order valence-electron chi connectivity index (χ4n) is 4.14. The zero-order valence-electron chi connectivity index (χ0n) is 21.9. The lowest BCUT2D eigenvalue weighted by molar-refractivity contribution is 0.0985. The molecule has 0 saturated heterocycles. The molecule has 202 valence electrons. The molecule has 0 unspecified atom stereocenters. The summed E-state index contributed by atoms with van der Waals surface area (Å²) in [5, 5.41) is 4.79. The second-order valence-electron chi connectivity index (χ2n) is 8.69. The summed E-state index contributed by atoms with van der Waals surface area (Å²) in [6.07, 6.45) is 4.99. The number of sulfonamides is 1. The first kappa shape index (κ1) is 27.7. The van der Waals surface area contributed by atoms with E-state index < -0.39 is 10.0 Å². The summed E-state index contributed by atoms with van der Waals surface area (Å²) in [4.78, 5) is 20.3. The summed E-state index contributed by atoms with van der Waals surface area (Å²) in [5.41, 5.74) is 1.09. The molecule has 0 bridgehead atoms. The first-order chi connectivity index (χ1) is 18.4. The van der Waals surface area contributed by atoms with E-state index in [2.05, 4.69) is 5.10 Å². The van der Waals surface area contributed by atoms with Crippen molar-refractivity contribution in [1.29, 1.82) is 0 Å². The Morgan fingerprint density at radius 2 is 1.74 bits per heavy atom. The number of hydrogen-bond acceptors (Lipinski definition) is 7. The molecule has 0 spiro atoms. The van der Waals surface area contributed by atoms with E-state index >= 15 is 0 Å². The van der Waals surface area contributed by atoms with Crippen molar-refractivity contribution in [2.24, 2.45) is 0 Å². The third-order valence-corrected chi connectivity index (χ3v) is 8.90. The van der Waals surface area contributed by atoms with E-state index in [1.54, 1.807) is 27.9 Å². The van der Waals surface area contributed by atoms with Gasteiger partial charge in [-0.2, -0.15) is 9.40 Å².